The maximum Gasteiger partial charge on any atom is 0.0351 e. The van der Waals surface area contributed by atoms with Gasteiger partial charge in [0.2, 0.25) is 0 Å². The Morgan fingerprint density at radius 1 is 0.750 bits per heavy atom. The van der Waals surface area contributed by atoms with Crippen molar-refractivity contribution in [1.29, 1.82) is 0 Å². The summed E-state index contributed by atoms with van der Waals surface area (Å²) in [7, 11) is 2.23. The zero-order valence-electron chi connectivity index (χ0n) is 12.8. The van der Waals surface area contributed by atoms with Crippen molar-refractivity contribution in [2.45, 2.75) is 24.5 Å². The van der Waals surface area contributed by atoms with E-state index >= 15 is 0 Å². The van der Waals surface area contributed by atoms with Gasteiger partial charge in [0.25, 0.3) is 0 Å². The molecule has 4 saturated heterocycles. The van der Waals surface area contributed by atoms with Crippen molar-refractivity contribution in [2.75, 3.05) is 72.5 Å². The number of nitrogens with one attached hydrogen (secondary N) is 1. The fourth-order valence-electron chi connectivity index (χ4n) is 4.33. The normalized spacial score (nSPS) is 36.1. The number of nitrogens with zero attached hydrogens (tertiary/aromatic N) is 4. The third-order valence-electron chi connectivity index (χ3n) is 5.87. The molecular formula is C15H29N5. The van der Waals surface area contributed by atoms with Crippen molar-refractivity contribution in [3.05, 3.63) is 0 Å². The number of piperazine rings is 1. The van der Waals surface area contributed by atoms with E-state index in [-0.39, 0.29) is 0 Å². The van der Waals surface area contributed by atoms with Crippen molar-refractivity contribution in [3.8, 4) is 0 Å². The lowest BCUT2D eigenvalue weighted by Gasteiger charge is -2.54. The van der Waals surface area contributed by atoms with Gasteiger partial charge in [0.1, 0.15) is 0 Å². The van der Waals surface area contributed by atoms with E-state index in [0.717, 1.165) is 18.1 Å². The van der Waals surface area contributed by atoms with Gasteiger partial charge < -0.3 is 10.2 Å². The Kier molecular flexibility index (Phi) is 3.73. The Bertz CT molecular complexity index is 323. The number of hydrogen-bond acceptors (Lipinski definition) is 5. The smallest absolute Gasteiger partial charge is 0.0351 e. The zero-order chi connectivity index (χ0) is 13.5. The molecule has 4 heterocycles. The Morgan fingerprint density at radius 2 is 1.35 bits per heavy atom. The molecule has 1 atom stereocenters. The fourth-order valence-corrected chi connectivity index (χ4v) is 4.33. The van der Waals surface area contributed by atoms with Crippen LogP contribution in [0.1, 0.15) is 6.42 Å². The summed E-state index contributed by atoms with van der Waals surface area (Å²) in [6.45, 7) is 12.8. The van der Waals surface area contributed by atoms with Crippen LogP contribution in [0.4, 0.5) is 0 Å². The van der Waals surface area contributed by atoms with Crippen LogP contribution in [0.5, 0.6) is 0 Å². The summed E-state index contributed by atoms with van der Waals surface area (Å²) < 4.78 is 0. The standard InChI is InChI=1S/C15H29N5/c1-17-9-14(10-17)20-11-15(12-20)19-6-4-18(5-7-19)13-2-3-16-8-13/h13-16H,2-12H2,1H3. The van der Waals surface area contributed by atoms with Crippen LogP contribution in [-0.2, 0) is 0 Å². The Balaban J connectivity index is 1.19. The van der Waals surface area contributed by atoms with Gasteiger partial charge in [-0.1, -0.05) is 0 Å². The van der Waals surface area contributed by atoms with Gasteiger partial charge in [0, 0.05) is 77.0 Å². The van der Waals surface area contributed by atoms with Gasteiger partial charge >= 0.3 is 0 Å². The predicted molar refractivity (Wildman–Crippen MR) is 81.1 cm³/mol. The zero-order valence-corrected chi connectivity index (χ0v) is 12.8. The summed E-state index contributed by atoms with van der Waals surface area (Å²) in [5.41, 5.74) is 0. The molecule has 0 aromatic rings. The molecule has 1 unspecified atom stereocenters. The number of rotatable bonds is 3. The van der Waals surface area contributed by atoms with E-state index in [4.69, 9.17) is 0 Å². The average Bonchev–Trinajstić information content (AvgIpc) is 2.89. The highest BCUT2D eigenvalue weighted by Gasteiger charge is 2.40. The highest BCUT2D eigenvalue weighted by atomic mass is 15.4. The summed E-state index contributed by atoms with van der Waals surface area (Å²) in [4.78, 5) is 10.6. The molecule has 1 N–H and O–H groups in total. The lowest BCUT2D eigenvalue weighted by Crippen LogP contribution is -2.70. The van der Waals surface area contributed by atoms with E-state index in [2.05, 4.69) is 32.0 Å². The Labute approximate surface area is 122 Å². The van der Waals surface area contributed by atoms with E-state index in [1.165, 1.54) is 71.9 Å². The fraction of sp³-hybridized carbons (Fsp3) is 1.00. The van der Waals surface area contributed by atoms with Crippen molar-refractivity contribution < 1.29 is 0 Å². The van der Waals surface area contributed by atoms with Crippen molar-refractivity contribution in [3.63, 3.8) is 0 Å². The molecule has 0 aliphatic carbocycles. The Hall–Kier alpha value is -0.200. The van der Waals surface area contributed by atoms with Gasteiger partial charge in [-0.15, -0.1) is 0 Å². The number of hydrogen-bond donors (Lipinski definition) is 1. The van der Waals surface area contributed by atoms with Gasteiger partial charge in [-0.05, 0) is 20.0 Å². The highest BCUT2D eigenvalue weighted by Crippen LogP contribution is 2.24. The second kappa shape index (κ2) is 5.54. The third-order valence-corrected chi connectivity index (χ3v) is 5.87. The summed E-state index contributed by atoms with van der Waals surface area (Å²) in [6.07, 6.45) is 1.35. The quantitative estimate of drug-likeness (QED) is 0.712. The lowest BCUT2D eigenvalue weighted by atomic mass is 9.98. The van der Waals surface area contributed by atoms with Crippen molar-refractivity contribution in [1.82, 2.24) is 24.9 Å². The van der Waals surface area contributed by atoms with Gasteiger partial charge in [-0.3, -0.25) is 14.7 Å². The first-order valence-corrected chi connectivity index (χ1v) is 8.41. The molecule has 0 bridgehead atoms. The molecular weight excluding hydrogens is 250 g/mol. The second-order valence-electron chi connectivity index (χ2n) is 7.20. The summed E-state index contributed by atoms with van der Waals surface area (Å²) in [6, 6.07) is 2.53. The van der Waals surface area contributed by atoms with Crippen LogP contribution in [0, 0.1) is 0 Å². The minimum Gasteiger partial charge on any atom is -0.315 e. The van der Waals surface area contributed by atoms with Crippen LogP contribution in [0.2, 0.25) is 0 Å². The molecule has 4 rings (SSSR count). The molecule has 0 spiro atoms. The number of likely N-dealkylation sites (N-methyl/N-ethyl adjacent to an activating group) is 1. The molecule has 0 saturated carbocycles. The molecule has 5 heteroatoms. The van der Waals surface area contributed by atoms with Crippen LogP contribution >= 0.6 is 0 Å². The molecule has 0 aromatic carbocycles. The monoisotopic (exact) mass is 279 g/mol. The van der Waals surface area contributed by atoms with Gasteiger partial charge in [0.15, 0.2) is 0 Å². The lowest BCUT2D eigenvalue weighted by molar-refractivity contribution is -0.0562. The van der Waals surface area contributed by atoms with Gasteiger partial charge in [-0.25, -0.2) is 0 Å². The minimum atomic E-state index is 0.820. The molecule has 5 nitrogen and oxygen atoms in total. The minimum absolute atomic E-state index is 0.820. The molecule has 0 radical (unpaired) electrons. The van der Waals surface area contributed by atoms with E-state index in [1.807, 2.05) is 0 Å². The SMILES string of the molecule is CN1CC(N2CC(N3CCN(C4CCNC4)CC3)C2)C1. The van der Waals surface area contributed by atoms with Gasteiger partial charge in [0.05, 0.1) is 0 Å². The average molecular weight is 279 g/mol. The maximum atomic E-state index is 3.49. The Morgan fingerprint density at radius 3 is 1.90 bits per heavy atom. The van der Waals surface area contributed by atoms with E-state index in [0.29, 0.717) is 0 Å². The third kappa shape index (κ3) is 2.50. The largest absolute Gasteiger partial charge is 0.315 e. The van der Waals surface area contributed by atoms with E-state index in [1.54, 1.807) is 0 Å². The number of likely N-dealkylation sites (tertiary alicyclic amines) is 2. The van der Waals surface area contributed by atoms with Crippen LogP contribution in [0.25, 0.3) is 0 Å². The van der Waals surface area contributed by atoms with E-state index < -0.39 is 0 Å². The van der Waals surface area contributed by atoms with Crippen molar-refractivity contribution in [2.24, 2.45) is 0 Å². The molecule has 20 heavy (non-hydrogen) atoms. The van der Waals surface area contributed by atoms with Crippen LogP contribution < -0.4 is 5.32 Å². The highest BCUT2D eigenvalue weighted by molar-refractivity contribution is 4.98. The van der Waals surface area contributed by atoms with Gasteiger partial charge in [-0.2, -0.15) is 0 Å². The first kappa shape index (κ1) is 13.5. The maximum absolute atomic E-state index is 3.49. The van der Waals surface area contributed by atoms with Crippen LogP contribution in [-0.4, -0.2) is 110 Å². The second-order valence-corrected chi connectivity index (χ2v) is 7.20. The molecule has 4 aliphatic rings. The molecule has 114 valence electrons. The summed E-state index contributed by atoms with van der Waals surface area (Å²) in [5, 5.41) is 3.49. The molecule has 0 amide bonds. The first-order valence-electron chi connectivity index (χ1n) is 8.41. The summed E-state index contributed by atoms with van der Waals surface area (Å²) in [5.74, 6) is 0. The molecule has 0 aromatic heterocycles. The summed E-state index contributed by atoms with van der Waals surface area (Å²) >= 11 is 0. The predicted octanol–water partition coefficient (Wildman–Crippen LogP) is -1.04. The first-order chi connectivity index (χ1) is 9.79. The van der Waals surface area contributed by atoms with E-state index in [9.17, 15) is 0 Å². The molecule has 4 fully saturated rings. The van der Waals surface area contributed by atoms with Crippen LogP contribution in [0.3, 0.4) is 0 Å². The molecule has 4 aliphatic heterocycles. The topological polar surface area (TPSA) is 25.0 Å². The van der Waals surface area contributed by atoms with Crippen molar-refractivity contribution >= 4 is 0 Å². The van der Waals surface area contributed by atoms with Crippen LogP contribution in [0.15, 0.2) is 0 Å².